The number of hydrogen-bond acceptors (Lipinski definition) is 2. The summed E-state index contributed by atoms with van der Waals surface area (Å²) in [6.45, 7) is 0.193. The number of halogens is 3. The second-order valence-corrected chi connectivity index (χ2v) is 7.46. The lowest BCUT2D eigenvalue weighted by atomic mass is 10.1. The highest BCUT2D eigenvalue weighted by Crippen LogP contribution is 2.48. The zero-order valence-corrected chi connectivity index (χ0v) is 15.7. The summed E-state index contributed by atoms with van der Waals surface area (Å²) in [5.41, 5.74) is 2.06. The third-order valence-electron chi connectivity index (χ3n) is 4.71. The van der Waals surface area contributed by atoms with Crippen LogP contribution in [0.25, 0.3) is 0 Å². The van der Waals surface area contributed by atoms with Gasteiger partial charge >= 0.3 is 0 Å². The number of carbonyl (C=O) groups is 1. The molecule has 1 saturated carbocycles. The predicted octanol–water partition coefficient (Wildman–Crippen LogP) is 5.12. The molecular formula is C20H16Cl2FN3O. The van der Waals surface area contributed by atoms with E-state index < -0.39 is 0 Å². The van der Waals surface area contributed by atoms with E-state index in [1.165, 1.54) is 6.07 Å². The third kappa shape index (κ3) is 3.99. The minimum Gasteiger partial charge on any atom is -0.323 e. The van der Waals surface area contributed by atoms with Crippen LogP contribution < -0.4 is 5.32 Å². The van der Waals surface area contributed by atoms with Gasteiger partial charge in [0.2, 0.25) is 5.91 Å². The first-order valence-electron chi connectivity index (χ1n) is 8.53. The van der Waals surface area contributed by atoms with E-state index in [4.69, 9.17) is 23.2 Å². The maximum absolute atomic E-state index is 13.9. The van der Waals surface area contributed by atoms with Gasteiger partial charge in [0.25, 0.3) is 0 Å². The van der Waals surface area contributed by atoms with Crippen molar-refractivity contribution in [3.8, 4) is 0 Å². The van der Waals surface area contributed by atoms with E-state index in [-0.39, 0.29) is 30.1 Å². The number of hydrogen-bond donors (Lipinski definition) is 1. The van der Waals surface area contributed by atoms with Gasteiger partial charge in [0, 0.05) is 27.7 Å². The first kappa shape index (κ1) is 18.0. The Bertz CT molecular complexity index is 967. The van der Waals surface area contributed by atoms with Gasteiger partial charge in [-0.05, 0) is 42.2 Å². The van der Waals surface area contributed by atoms with Gasteiger partial charge < -0.3 is 5.32 Å². The molecule has 0 saturated heterocycles. The highest BCUT2D eigenvalue weighted by atomic mass is 35.5. The maximum Gasteiger partial charge on any atom is 0.228 e. The van der Waals surface area contributed by atoms with Gasteiger partial charge in [-0.25, -0.2) is 4.39 Å². The number of amides is 1. The quantitative estimate of drug-likeness (QED) is 0.642. The van der Waals surface area contributed by atoms with E-state index in [0.29, 0.717) is 21.3 Å². The molecule has 7 heteroatoms. The van der Waals surface area contributed by atoms with E-state index in [1.54, 1.807) is 29.2 Å². The van der Waals surface area contributed by atoms with Crippen LogP contribution >= 0.6 is 23.2 Å². The van der Waals surface area contributed by atoms with E-state index in [1.807, 2.05) is 24.3 Å². The number of benzene rings is 2. The summed E-state index contributed by atoms with van der Waals surface area (Å²) in [5.74, 6) is -0.268. The van der Waals surface area contributed by atoms with E-state index >= 15 is 0 Å². The number of nitrogens with one attached hydrogen (secondary N) is 1. The zero-order chi connectivity index (χ0) is 19.0. The fraction of sp³-hybridized carbons (Fsp3) is 0.200. The van der Waals surface area contributed by atoms with Gasteiger partial charge in [-0.2, -0.15) is 5.10 Å². The number of aromatic nitrogens is 2. The molecule has 1 aliphatic carbocycles. The van der Waals surface area contributed by atoms with Crippen molar-refractivity contribution >= 4 is 34.8 Å². The monoisotopic (exact) mass is 403 g/mol. The summed E-state index contributed by atoms with van der Waals surface area (Å²) >= 11 is 11.9. The van der Waals surface area contributed by atoms with E-state index in [0.717, 1.165) is 12.0 Å². The van der Waals surface area contributed by atoms with Crippen molar-refractivity contribution in [3.05, 3.63) is 81.8 Å². The molecule has 1 N–H and O–H groups in total. The van der Waals surface area contributed by atoms with Crippen LogP contribution in [0.1, 0.15) is 23.5 Å². The molecule has 1 heterocycles. The third-order valence-corrected chi connectivity index (χ3v) is 5.31. The number of anilines is 1. The topological polar surface area (TPSA) is 46.9 Å². The molecule has 138 valence electrons. The van der Waals surface area contributed by atoms with Crippen LogP contribution in [0.2, 0.25) is 10.0 Å². The van der Waals surface area contributed by atoms with Crippen molar-refractivity contribution in [1.82, 2.24) is 9.78 Å². The molecule has 0 aliphatic heterocycles. The molecule has 1 amide bonds. The molecule has 1 aliphatic rings. The molecule has 1 fully saturated rings. The smallest absolute Gasteiger partial charge is 0.228 e. The van der Waals surface area contributed by atoms with Crippen LogP contribution in [-0.2, 0) is 11.3 Å². The summed E-state index contributed by atoms with van der Waals surface area (Å²) < 4.78 is 15.4. The summed E-state index contributed by atoms with van der Waals surface area (Å²) in [6, 6.07) is 12.1. The van der Waals surface area contributed by atoms with Crippen LogP contribution in [0.4, 0.5) is 10.1 Å². The molecule has 1 aromatic heterocycles. The lowest BCUT2D eigenvalue weighted by Gasteiger charge is -2.06. The number of carbonyl (C=O) groups excluding carboxylic acids is 1. The summed E-state index contributed by atoms with van der Waals surface area (Å²) in [6.07, 6.45) is 4.03. The van der Waals surface area contributed by atoms with Gasteiger partial charge in [0.15, 0.2) is 0 Å². The van der Waals surface area contributed by atoms with Crippen LogP contribution in [0.5, 0.6) is 0 Å². The van der Waals surface area contributed by atoms with E-state index in [2.05, 4.69) is 10.4 Å². The van der Waals surface area contributed by atoms with E-state index in [9.17, 15) is 9.18 Å². The largest absolute Gasteiger partial charge is 0.323 e. The SMILES string of the molecule is O=C(Nc1cnn(Cc2c(F)cccc2Cl)c1)C1CC1c1ccc(Cl)cc1. The van der Waals surface area contributed by atoms with Crippen LogP contribution in [0.3, 0.4) is 0 Å². The van der Waals surface area contributed by atoms with Crippen molar-refractivity contribution in [1.29, 1.82) is 0 Å². The number of rotatable bonds is 5. The molecule has 3 aromatic rings. The summed E-state index contributed by atoms with van der Waals surface area (Å²) in [4.78, 5) is 12.4. The highest BCUT2D eigenvalue weighted by Gasteiger charge is 2.43. The van der Waals surface area contributed by atoms with Gasteiger partial charge in [0.1, 0.15) is 5.82 Å². The fourth-order valence-corrected chi connectivity index (χ4v) is 3.51. The van der Waals surface area contributed by atoms with Gasteiger partial charge in [-0.15, -0.1) is 0 Å². The van der Waals surface area contributed by atoms with Crippen molar-refractivity contribution in [2.75, 3.05) is 5.32 Å². The Morgan fingerprint density at radius 1 is 1.22 bits per heavy atom. The lowest BCUT2D eigenvalue weighted by molar-refractivity contribution is -0.117. The predicted molar refractivity (Wildman–Crippen MR) is 104 cm³/mol. The van der Waals surface area contributed by atoms with Gasteiger partial charge in [-0.1, -0.05) is 41.4 Å². The lowest BCUT2D eigenvalue weighted by Crippen LogP contribution is -2.14. The Morgan fingerprint density at radius 3 is 2.74 bits per heavy atom. The molecule has 0 spiro atoms. The Hall–Kier alpha value is -2.37. The van der Waals surface area contributed by atoms with Crippen LogP contribution in [0.15, 0.2) is 54.9 Å². The molecule has 0 radical (unpaired) electrons. The molecule has 2 unspecified atom stereocenters. The van der Waals surface area contributed by atoms with Crippen molar-refractivity contribution in [2.24, 2.45) is 5.92 Å². The Morgan fingerprint density at radius 2 is 2.00 bits per heavy atom. The zero-order valence-electron chi connectivity index (χ0n) is 14.2. The first-order valence-corrected chi connectivity index (χ1v) is 9.28. The minimum atomic E-state index is -0.382. The Balaban J connectivity index is 1.38. The molecule has 4 nitrogen and oxygen atoms in total. The Labute approximate surface area is 165 Å². The normalized spacial score (nSPS) is 18.3. The van der Waals surface area contributed by atoms with Crippen LogP contribution in [0, 0.1) is 11.7 Å². The molecule has 2 atom stereocenters. The van der Waals surface area contributed by atoms with Gasteiger partial charge in [-0.3, -0.25) is 9.48 Å². The minimum absolute atomic E-state index is 0.0431. The standard InChI is InChI=1S/C20H16Cl2FN3O/c21-13-6-4-12(5-7-13)15-8-16(15)20(27)25-14-9-24-26(10-14)11-17-18(22)2-1-3-19(17)23/h1-7,9-10,15-16H,8,11H2,(H,25,27). The summed E-state index contributed by atoms with van der Waals surface area (Å²) in [5, 5.41) is 8.08. The second-order valence-electron chi connectivity index (χ2n) is 6.62. The van der Waals surface area contributed by atoms with Gasteiger partial charge in [0.05, 0.1) is 18.4 Å². The molecule has 0 bridgehead atoms. The van der Waals surface area contributed by atoms with Crippen molar-refractivity contribution in [2.45, 2.75) is 18.9 Å². The Kier molecular flexibility index (Phi) is 4.89. The average Bonchev–Trinajstić information content (AvgIpc) is 3.33. The molecular weight excluding hydrogens is 388 g/mol. The maximum atomic E-state index is 13.9. The van der Waals surface area contributed by atoms with Crippen LogP contribution in [-0.4, -0.2) is 15.7 Å². The second kappa shape index (κ2) is 7.33. The molecule has 2 aromatic carbocycles. The van der Waals surface area contributed by atoms with Crippen molar-refractivity contribution in [3.63, 3.8) is 0 Å². The fourth-order valence-electron chi connectivity index (χ4n) is 3.16. The molecule has 27 heavy (non-hydrogen) atoms. The number of nitrogens with zero attached hydrogens (tertiary/aromatic N) is 2. The van der Waals surface area contributed by atoms with Crippen molar-refractivity contribution < 1.29 is 9.18 Å². The average molecular weight is 404 g/mol. The summed E-state index contributed by atoms with van der Waals surface area (Å²) in [7, 11) is 0. The highest BCUT2D eigenvalue weighted by molar-refractivity contribution is 6.31. The molecule has 4 rings (SSSR count). The first-order chi connectivity index (χ1) is 13.0.